The Morgan fingerprint density at radius 2 is 2.24 bits per heavy atom. The van der Waals surface area contributed by atoms with Crippen LogP contribution in [0.1, 0.15) is 10.4 Å². The fourth-order valence-electron chi connectivity index (χ4n) is 1.84. The standard InChI is InChI=1S/C12H15NO4/c1-17-9-2-3-10(11(15)4-9)12(16)13-5-8(6-13)7-14/h2-4,8,14-15H,5-7H2,1H3. The van der Waals surface area contributed by atoms with Crippen LogP contribution >= 0.6 is 0 Å². The van der Waals surface area contributed by atoms with E-state index in [0.29, 0.717) is 18.8 Å². The first-order chi connectivity index (χ1) is 8.15. The van der Waals surface area contributed by atoms with E-state index in [1.807, 2.05) is 0 Å². The molecule has 92 valence electrons. The Labute approximate surface area is 99.2 Å². The van der Waals surface area contributed by atoms with Gasteiger partial charge < -0.3 is 19.8 Å². The van der Waals surface area contributed by atoms with Crippen molar-refractivity contribution in [2.24, 2.45) is 5.92 Å². The first kappa shape index (κ1) is 11.7. The van der Waals surface area contributed by atoms with Crippen molar-refractivity contribution in [1.29, 1.82) is 0 Å². The van der Waals surface area contributed by atoms with E-state index in [2.05, 4.69) is 0 Å². The number of phenolic OH excluding ortho intramolecular Hbond substituents is 1. The maximum Gasteiger partial charge on any atom is 0.257 e. The molecule has 0 radical (unpaired) electrons. The van der Waals surface area contributed by atoms with E-state index < -0.39 is 0 Å². The van der Waals surface area contributed by atoms with Gasteiger partial charge in [0.15, 0.2) is 0 Å². The van der Waals surface area contributed by atoms with Gasteiger partial charge in [0.25, 0.3) is 5.91 Å². The zero-order valence-electron chi connectivity index (χ0n) is 9.59. The molecule has 0 unspecified atom stereocenters. The van der Waals surface area contributed by atoms with E-state index >= 15 is 0 Å². The summed E-state index contributed by atoms with van der Waals surface area (Å²) in [6.07, 6.45) is 0. The third kappa shape index (κ3) is 2.19. The molecule has 17 heavy (non-hydrogen) atoms. The van der Waals surface area contributed by atoms with Crippen LogP contribution in [-0.4, -0.2) is 47.8 Å². The number of aliphatic hydroxyl groups is 1. The van der Waals surface area contributed by atoms with Crippen LogP contribution in [0.4, 0.5) is 0 Å². The van der Waals surface area contributed by atoms with Crippen molar-refractivity contribution in [3.05, 3.63) is 23.8 Å². The highest BCUT2D eigenvalue weighted by Crippen LogP contribution is 2.27. The fraction of sp³-hybridized carbons (Fsp3) is 0.417. The van der Waals surface area contributed by atoms with Crippen LogP contribution in [-0.2, 0) is 0 Å². The van der Waals surface area contributed by atoms with Crippen molar-refractivity contribution in [2.75, 3.05) is 26.8 Å². The van der Waals surface area contributed by atoms with Gasteiger partial charge in [-0.05, 0) is 12.1 Å². The van der Waals surface area contributed by atoms with Crippen LogP contribution in [0.5, 0.6) is 11.5 Å². The summed E-state index contributed by atoms with van der Waals surface area (Å²) >= 11 is 0. The fourth-order valence-corrected chi connectivity index (χ4v) is 1.84. The Balaban J connectivity index is 2.10. The number of amides is 1. The maximum absolute atomic E-state index is 12.0. The van der Waals surface area contributed by atoms with Crippen molar-refractivity contribution in [1.82, 2.24) is 4.90 Å². The highest BCUT2D eigenvalue weighted by molar-refractivity contribution is 5.97. The second-order valence-corrected chi connectivity index (χ2v) is 4.14. The Morgan fingerprint density at radius 1 is 1.53 bits per heavy atom. The van der Waals surface area contributed by atoms with Crippen LogP contribution in [0.3, 0.4) is 0 Å². The zero-order chi connectivity index (χ0) is 12.4. The molecule has 2 N–H and O–H groups in total. The summed E-state index contributed by atoms with van der Waals surface area (Å²) in [5.41, 5.74) is 0.266. The molecule has 0 saturated carbocycles. The molecule has 1 fully saturated rings. The van der Waals surface area contributed by atoms with Crippen LogP contribution in [0.15, 0.2) is 18.2 Å². The number of aliphatic hydroxyl groups excluding tert-OH is 1. The largest absolute Gasteiger partial charge is 0.507 e. The average molecular weight is 237 g/mol. The number of hydrogen-bond acceptors (Lipinski definition) is 4. The molecule has 0 bridgehead atoms. The first-order valence-corrected chi connectivity index (χ1v) is 5.43. The van der Waals surface area contributed by atoms with E-state index in [9.17, 15) is 9.90 Å². The molecule has 1 aliphatic heterocycles. The number of methoxy groups -OCH3 is 1. The van der Waals surface area contributed by atoms with Gasteiger partial charge in [-0.15, -0.1) is 0 Å². The lowest BCUT2D eigenvalue weighted by atomic mass is 10.00. The smallest absolute Gasteiger partial charge is 0.257 e. The molecule has 1 aromatic rings. The SMILES string of the molecule is COc1ccc(C(=O)N2CC(CO)C2)c(O)c1. The third-order valence-electron chi connectivity index (χ3n) is 2.94. The van der Waals surface area contributed by atoms with Gasteiger partial charge in [-0.25, -0.2) is 0 Å². The van der Waals surface area contributed by atoms with Crippen molar-refractivity contribution < 1.29 is 19.7 Å². The Bertz CT molecular complexity index is 427. The van der Waals surface area contributed by atoms with E-state index in [1.165, 1.54) is 13.2 Å². The molecule has 2 rings (SSSR count). The minimum absolute atomic E-state index is 0.0817. The van der Waals surface area contributed by atoms with Crippen molar-refractivity contribution in [3.63, 3.8) is 0 Å². The number of benzene rings is 1. The van der Waals surface area contributed by atoms with Gasteiger partial charge >= 0.3 is 0 Å². The molecular formula is C12H15NO4. The van der Waals surface area contributed by atoms with E-state index in [-0.39, 0.29) is 29.7 Å². The molecule has 0 spiro atoms. The number of carbonyl (C=O) groups excluding carboxylic acids is 1. The van der Waals surface area contributed by atoms with Gasteiger partial charge in [-0.1, -0.05) is 0 Å². The van der Waals surface area contributed by atoms with Gasteiger partial charge in [0, 0.05) is 31.7 Å². The number of ether oxygens (including phenoxy) is 1. The molecule has 5 nitrogen and oxygen atoms in total. The van der Waals surface area contributed by atoms with Gasteiger partial charge in [-0.3, -0.25) is 4.79 Å². The number of phenols is 1. The molecule has 5 heteroatoms. The highest BCUT2D eigenvalue weighted by atomic mass is 16.5. The Hall–Kier alpha value is -1.75. The van der Waals surface area contributed by atoms with Crippen LogP contribution in [0, 0.1) is 5.92 Å². The van der Waals surface area contributed by atoms with Crippen molar-refractivity contribution >= 4 is 5.91 Å². The monoisotopic (exact) mass is 237 g/mol. The van der Waals surface area contributed by atoms with Gasteiger partial charge in [0.2, 0.25) is 0 Å². The molecule has 0 aliphatic carbocycles. The summed E-state index contributed by atoms with van der Waals surface area (Å²) in [6.45, 7) is 1.18. The van der Waals surface area contributed by atoms with E-state index in [0.717, 1.165) is 0 Å². The van der Waals surface area contributed by atoms with Gasteiger partial charge in [-0.2, -0.15) is 0 Å². The summed E-state index contributed by atoms with van der Waals surface area (Å²) < 4.78 is 4.95. The van der Waals surface area contributed by atoms with E-state index in [4.69, 9.17) is 9.84 Å². The summed E-state index contributed by atoms with van der Waals surface area (Å²) in [5, 5.41) is 18.6. The number of likely N-dealkylation sites (tertiary alicyclic amines) is 1. The quantitative estimate of drug-likeness (QED) is 0.801. The molecule has 0 aromatic heterocycles. The average Bonchev–Trinajstić information content (AvgIpc) is 2.27. The minimum Gasteiger partial charge on any atom is -0.507 e. The van der Waals surface area contributed by atoms with Gasteiger partial charge in [0.05, 0.1) is 12.7 Å². The third-order valence-corrected chi connectivity index (χ3v) is 2.94. The summed E-state index contributed by atoms with van der Waals surface area (Å²) in [6, 6.07) is 4.59. The molecule has 1 aromatic carbocycles. The Kier molecular flexibility index (Phi) is 3.19. The molecule has 1 saturated heterocycles. The number of nitrogens with zero attached hydrogens (tertiary/aromatic N) is 1. The molecule has 1 amide bonds. The van der Waals surface area contributed by atoms with Crippen molar-refractivity contribution in [3.8, 4) is 11.5 Å². The molecule has 1 aliphatic rings. The number of hydrogen-bond donors (Lipinski definition) is 2. The zero-order valence-corrected chi connectivity index (χ0v) is 9.59. The predicted octanol–water partition coefficient (Wildman–Crippen LogP) is 0.465. The Morgan fingerprint density at radius 3 is 2.76 bits per heavy atom. The summed E-state index contributed by atoms with van der Waals surface area (Å²) in [5.74, 6) is 0.381. The normalized spacial score (nSPS) is 15.5. The number of rotatable bonds is 3. The van der Waals surface area contributed by atoms with Gasteiger partial charge in [0.1, 0.15) is 11.5 Å². The molecule has 0 atom stereocenters. The topological polar surface area (TPSA) is 70.0 Å². The molecule has 1 heterocycles. The second-order valence-electron chi connectivity index (χ2n) is 4.14. The lowest BCUT2D eigenvalue weighted by Crippen LogP contribution is -2.51. The lowest BCUT2D eigenvalue weighted by Gasteiger charge is -2.38. The first-order valence-electron chi connectivity index (χ1n) is 5.43. The second kappa shape index (κ2) is 4.63. The summed E-state index contributed by atoms with van der Waals surface area (Å²) in [7, 11) is 1.50. The van der Waals surface area contributed by atoms with Crippen molar-refractivity contribution in [2.45, 2.75) is 0 Å². The molecular weight excluding hydrogens is 222 g/mol. The predicted molar refractivity (Wildman–Crippen MR) is 61.1 cm³/mol. The summed E-state index contributed by atoms with van der Waals surface area (Å²) in [4.78, 5) is 13.6. The van der Waals surface area contributed by atoms with Crippen LogP contribution in [0.2, 0.25) is 0 Å². The van der Waals surface area contributed by atoms with Crippen LogP contribution in [0.25, 0.3) is 0 Å². The van der Waals surface area contributed by atoms with Crippen LogP contribution < -0.4 is 4.74 Å². The minimum atomic E-state index is -0.213. The lowest BCUT2D eigenvalue weighted by molar-refractivity contribution is 0.0359. The van der Waals surface area contributed by atoms with E-state index in [1.54, 1.807) is 17.0 Å². The number of carbonyl (C=O) groups is 1. The highest BCUT2D eigenvalue weighted by Gasteiger charge is 2.31. The number of aromatic hydroxyl groups is 1. The maximum atomic E-state index is 12.0.